The van der Waals surface area contributed by atoms with Crippen LogP contribution in [0.5, 0.6) is 5.88 Å². The second-order valence-corrected chi connectivity index (χ2v) is 3.17. The highest BCUT2D eigenvalue weighted by atomic mass is 19.4. The van der Waals surface area contributed by atoms with Crippen LogP contribution in [-0.2, 0) is 6.18 Å². The summed E-state index contributed by atoms with van der Waals surface area (Å²) in [7, 11) is 0. The van der Waals surface area contributed by atoms with E-state index in [0.717, 1.165) is 18.2 Å². The van der Waals surface area contributed by atoms with Gasteiger partial charge in [-0.25, -0.2) is 0 Å². The Morgan fingerprint density at radius 3 is 2.56 bits per heavy atom. The first kappa shape index (κ1) is 10.5. The molecule has 0 fully saturated rings. The first-order valence-corrected chi connectivity index (χ1v) is 4.18. The van der Waals surface area contributed by atoms with Crippen LogP contribution >= 0.6 is 0 Å². The number of aromatic nitrogens is 1. The molecule has 1 aromatic carbocycles. The molecule has 2 N–H and O–H groups in total. The van der Waals surface area contributed by atoms with Crippen LogP contribution < -0.4 is 0 Å². The SMILES string of the molecule is O=Nc1c(O)[nH]c2cc(C(F)(F)F)ccc12. The highest BCUT2D eigenvalue weighted by molar-refractivity contribution is 5.94. The minimum atomic E-state index is -4.47. The Morgan fingerprint density at radius 1 is 1.31 bits per heavy atom. The molecule has 0 bridgehead atoms. The molecule has 1 heterocycles. The molecule has 4 nitrogen and oxygen atoms in total. The summed E-state index contributed by atoms with van der Waals surface area (Å²) in [6.45, 7) is 0. The second kappa shape index (κ2) is 3.22. The summed E-state index contributed by atoms with van der Waals surface area (Å²) >= 11 is 0. The molecule has 0 unspecified atom stereocenters. The van der Waals surface area contributed by atoms with Crippen molar-refractivity contribution >= 4 is 16.6 Å². The molecule has 0 aliphatic heterocycles. The van der Waals surface area contributed by atoms with E-state index in [1.807, 2.05) is 0 Å². The number of nitrogens with zero attached hydrogens (tertiary/aromatic N) is 1. The predicted molar refractivity (Wildman–Crippen MR) is 50.4 cm³/mol. The van der Waals surface area contributed by atoms with Crippen LogP contribution in [0.2, 0.25) is 0 Å². The number of aromatic amines is 1. The predicted octanol–water partition coefficient (Wildman–Crippen LogP) is 3.29. The maximum absolute atomic E-state index is 12.3. The number of nitrogens with one attached hydrogen (secondary N) is 1. The Bertz CT molecular complexity index is 560. The van der Waals surface area contributed by atoms with Gasteiger partial charge < -0.3 is 10.1 Å². The van der Waals surface area contributed by atoms with Gasteiger partial charge in [-0.05, 0) is 23.4 Å². The van der Waals surface area contributed by atoms with Gasteiger partial charge in [0.2, 0.25) is 5.88 Å². The van der Waals surface area contributed by atoms with Crippen molar-refractivity contribution < 1.29 is 18.3 Å². The first-order valence-electron chi connectivity index (χ1n) is 4.18. The van der Waals surface area contributed by atoms with Crippen LogP contribution in [0.4, 0.5) is 18.9 Å². The molecule has 1 aromatic heterocycles. The summed E-state index contributed by atoms with van der Waals surface area (Å²) in [5, 5.41) is 11.9. The van der Waals surface area contributed by atoms with Gasteiger partial charge in [-0.15, -0.1) is 4.91 Å². The molecule has 0 aliphatic carbocycles. The van der Waals surface area contributed by atoms with E-state index in [1.54, 1.807) is 0 Å². The molecule has 2 rings (SSSR count). The van der Waals surface area contributed by atoms with Crippen molar-refractivity contribution in [2.75, 3.05) is 0 Å². The average molecular weight is 230 g/mol. The van der Waals surface area contributed by atoms with Crippen molar-refractivity contribution in [1.82, 2.24) is 4.98 Å². The van der Waals surface area contributed by atoms with Gasteiger partial charge in [-0.3, -0.25) is 0 Å². The van der Waals surface area contributed by atoms with Crippen LogP contribution in [-0.4, -0.2) is 10.1 Å². The van der Waals surface area contributed by atoms with Crippen LogP contribution in [0.1, 0.15) is 5.56 Å². The number of nitroso groups, excluding NO2 is 1. The van der Waals surface area contributed by atoms with Crippen LogP contribution in [0.15, 0.2) is 23.4 Å². The monoisotopic (exact) mass is 230 g/mol. The van der Waals surface area contributed by atoms with E-state index in [-0.39, 0.29) is 16.6 Å². The minimum Gasteiger partial charge on any atom is -0.493 e. The van der Waals surface area contributed by atoms with Crippen molar-refractivity contribution in [3.8, 4) is 5.88 Å². The summed E-state index contributed by atoms with van der Waals surface area (Å²) in [5.41, 5.74) is -1.13. The van der Waals surface area contributed by atoms with E-state index in [9.17, 15) is 23.2 Å². The molecule has 16 heavy (non-hydrogen) atoms. The number of halogens is 3. The first-order chi connectivity index (χ1) is 7.43. The fraction of sp³-hybridized carbons (Fsp3) is 0.111. The standard InChI is InChI=1S/C9H5F3N2O2/c10-9(11,12)4-1-2-5-6(3-4)13-8(15)7(5)14-16/h1-3,13,15H. The second-order valence-electron chi connectivity index (χ2n) is 3.17. The van der Waals surface area contributed by atoms with Gasteiger partial charge in [-0.1, -0.05) is 0 Å². The van der Waals surface area contributed by atoms with Crippen molar-refractivity contribution in [3.05, 3.63) is 28.7 Å². The van der Waals surface area contributed by atoms with Gasteiger partial charge in [0, 0.05) is 5.39 Å². The lowest BCUT2D eigenvalue weighted by atomic mass is 10.1. The molecule has 0 amide bonds. The summed E-state index contributed by atoms with van der Waals surface area (Å²) in [6.07, 6.45) is -4.47. The smallest absolute Gasteiger partial charge is 0.416 e. The third kappa shape index (κ3) is 1.50. The van der Waals surface area contributed by atoms with Crippen molar-refractivity contribution in [3.63, 3.8) is 0 Å². The van der Waals surface area contributed by atoms with Crippen LogP contribution in [0.25, 0.3) is 10.9 Å². The Kier molecular flexibility index (Phi) is 2.11. The molecule has 0 atom stereocenters. The number of aromatic hydroxyl groups is 1. The summed E-state index contributed by atoms with van der Waals surface area (Å²) in [6, 6.07) is 2.72. The number of hydrogen-bond acceptors (Lipinski definition) is 3. The number of rotatable bonds is 1. The Morgan fingerprint density at radius 2 is 2.00 bits per heavy atom. The highest BCUT2D eigenvalue weighted by Crippen LogP contribution is 2.38. The van der Waals surface area contributed by atoms with E-state index in [1.165, 1.54) is 0 Å². The summed E-state index contributed by atoms with van der Waals surface area (Å²) < 4.78 is 37.0. The maximum atomic E-state index is 12.3. The van der Waals surface area contributed by atoms with E-state index >= 15 is 0 Å². The van der Waals surface area contributed by atoms with Crippen molar-refractivity contribution in [2.45, 2.75) is 6.18 Å². The average Bonchev–Trinajstić information content (AvgIpc) is 2.50. The number of H-pyrrole nitrogens is 1. The lowest BCUT2D eigenvalue weighted by Gasteiger charge is -2.05. The fourth-order valence-electron chi connectivity index (χ4n) is 1.44. The molecule has 2 aromatic rings. The van der Waals surface area contributed by atoms with E-state index in [0.29, 0.717) is 0 Å². The van der Waals surface area contributed by atoms with Gasteiger partial charge >= 0.3 is 6.18 Å². The Hall–Kier alpha value is -2.05. The normalized spacial score (nSPS) is 11.9. The third-order valence-electron chi connectivity index (χ3n) is 2.17. The van der Waals surface area contributed by atoms with E-state index in [4.69, 9.17) is 0 Å². The molecule has 0 saturated heterocycles. The lowest BCUT2D eigenvalue weighted by molar-refractivity contribution is -0.137. The van der Waals surface area contributed by atoms with Gasteiger partial charge in [0.15, 0.2) is 5.69 Å². The number of fused-ring (bicyclic) bond motifs is 1. The zero-order chi connectivity index (χ0) is 11.9. The molecule has 0 spiro atoms. The topological polar surface area (TPSA) is 65.4 Å². The number of benzene rings is 1. The maximum Gasteiger partial charge on any atom is 0.416 e. The van der Waals surface area contributed by atoms with Gasteiger partial charge in [0.1, 0.15) is 0 Å². The number of alkyl halides is 3. The molecular weight excluding hydrogens is 225 g/mol. The van der Waals surface area contributed by atoms with Gasteiger partial charge in [0.05, 0.1) is 11.1 Å². The molecular formula is C9H5F3N2O2. The zero-order valence-electron chi connectivity index (χ0n) is 7.67. The zero-order valence-corrected chi connectivity index (χ0v) is 7.67. The largest absolute Gasteiger partial charge is 0.493 e. The lowest BCUT2D eigenvalue weighted by Crippen LogP contribution is -2.03. The van der Waals surface area contributed by atoms with Crippen LogP contribution in [0.3, 0.4) is 0 Å². The van der Waals surface area contributed by atoms with Crippen LogP contribution in [0, 0.1) is 4.91 Å². The fourth-order valence-corrected chi connectivity index (χ4v) is 1.44. The van der Waals surface area contributed by atoms with Crippen molar-refractivity contribution in [1.29, 1.82) is 0 Å². The molecule has 0 radical (unpaired) electrons. The Labute approximate surface area is 86.7 Å². The Balaban J connectivity index is 2.69. The summed E-state index contributed by atoms with van der Waals surface area (Å²) in [4.78, 5) is 12.6. The van der Waals surface area contributed by atoms with Crippen molar-refractivity contribution in [2.24, 2.45) is 5.18 Å². The van der Waals surface area contributed by atoms with E-state index < -0.39 is 17.6 Å². The molecule has 0 saturated carbocycles. The third-order valence-corrected chi connectivity index (χ3v) is 2.17. The highest BCUT2D eigenvalue weighted by Gasteiger charge is 2.31. The molecule has 0 aliphatic rings. The minimum absolute atomic E-state index is 0.0157. The molecule has 7 heteroatoms. The number of hydrogen-bond donors (Lipinski definition) is 2. The summed E-state index contributed by atoms with van der Waals surface area (Å²) in [5.74, 6) is -0.538. The molecule has 84 valence electrons. The van der Waals surface area contributed by atoms with Gasteiger partial charge in [-0.2, -0.15) is 13.2 Å². The van der Waals surface area contributed by atoms with E-state index in [2.05, 4.69) is 10.2 Å². The quantitative estimate of drug-likeness (QED) is 0.738. The van der Waals surface area contributed by atoms with Gasteiger partial charge in [0.25, 0.3) is 0 Å².